The molecule has 1 heterocycles. The van der Waals surface area contributed by atoms with Crippen molar-refractivity contribution in [3.8, 4) is 0 Å². The molecule has 0 aliphatic heterocycles. The van der Waals surface area contributed by atoms with Crippen molar-refractivity contribution in [2.75, 3.05) is 11.9 Å². The Morgan fingerprint density at radius 1 is 1.05 bits per heavy atom. The van der Waals surface area contributed by atoms with Crippen LogP contribution in [0.4, 0.5) is 5.82 Å². The number of rotatable bonds is 3. The van der Waals surface area contributed by atoms with Gasteiger partial charge >= 0.3 is 0 Å². The summed E-state index contributed by atoms with van der Waals surface area (Å²) in [6.45, 7) is 0.869. The van der Waals surface area contributed by atoms with Gasteiger partial charge in [-0.15, -0.1) is 0 Å². The molecule has 3 nitrogen and oxygen atoms in total. The first-order valence-electron chi connectivity index (χ1n) is 7.05. The number of anilines is 1. The van der Waals surface area contributed by atoms with Gasteiger partial charge in [-0.2, -0.15) is 0 Å². The van der Waals surface area contributed by atoms with Crippen molar-refractivity contribution in [3.05, 3.63) is 64.9 Å². The summed E-state index contributed by atoms with van der Waals surface area (Å²) in [6, 6.07) is 16.5. The molecular weight excluding hydrogens is 282 g/mol. The Bertz CT molecular complexity index is 816. The Morgan fingerprint density at radius 3 is 2.76 bits per heavy atom. The first kappa shape index (κ1) is 12.6. The van der Waals surface area contributed by atoms with Crippen molar-refractivity contribution in [1.29, 1.82) is 0 Å². The fourth-order valence-electron chi connectivity index (χ4n) is 2.95. The third kappa shape index (κ3) is 2.24. The minimum Gasteiger partial charge on any atom is -0.369 e. The van der Waals surface area contributed by atoms with Gasteiger partial charge in [0.2, 0.25) is 5.28 Å². The molecule has 1 aliphatic carbocycles. The fraction of sp³-hybridized carbons (Fsp3) is 0.176. The van der Waals surface area contributed by atoms with Crippen molar-refractivity contribution >= 4 is 28.3 Å². The average Bonchev–Trinajstić information content (AvgIpc) is 2.48. The van der Waals surface area contributed by atoms with E-state index in [1.54, 1.807) is 0 Å². The Morgan fingerprint density at radius 2 is 1.86 bits per heavy atom. The molecule has 4 heteroatoms. The van der Waals surface area contributed by atoms with Gasteiger partial charge in [-0.25, -0.2) is 9.97 Å². The van der Waals surface area contributed by atoms with Gasteiger partial charge in [0, 0.05) is 17.8 Å². The summed E-state index contributed by atoms with van der Waals surface area (Å²) in [4.78, 5) is 8.58. The fourth-order valence-corrected chi connectivity index (χ4v) is 3.12. The molecule has 1 aliphatic rings. The molecule has 1 aromatic heterocycles. The highest BCUT2D eigenvalue weighted by Gasteiger charge is 2.25. The largest absolute Gasteiger partial charge is 0.369 e. The number of aromatic nitrogens is 2. The third-order valence-electron chi connectivity index (χ3n) is 4.05. The van der Waals surface area contributed by atoms with Crippen LogP contribution in [0.3, 0.4) is 0 Å². The summed E-state index contributed by atoms with van der Waals surface area (Å²) in [6.07, 6.45) is 1.12. The zero-order valence-corrected chi connectivity index (χ0v) is 12.1. The molecule has 0 radical (unpaired) electrons. The van der Waals surface area contributed by atoms with E-state index in [4.69, 9.17) is 11.6 Å². The highest BCUT2D eigenvalue weighted by Crippen LogP contribution is 2.35. The molecule has 0 saturated heterocycles. The van der Waals surface area contributed by atoms with Crippen LogP contribution in [0.2, 0.25) is 5.28 Å². The lowest BCUT2D eigenvalue weighted by atomic mass is 9.77. The van der Waals surface area contributed by atoms with Gasteiger partial charge in [-0.3, -0.25) is 0 Å². The van der Waals surface area contributed by atoms with E-state index >= 15 is 0 Å². The van der Waals surface area contributed by atoms with Gasteiger partial charge in [0.15, 0.2) is 0 Å². The van der Waals surface area contributed by atoms with E-state index in [-0.39, 0.29) is 5.28 Å². The third-order valence-corrected chi connectivity index (χ3v) is 4.22. The molecule has 2 aromatic carbocycles. The van der Waals surface area contributed by atoms with Crippen molar-refractivity contribution in [2.24, 2.45) is 0 Å². The van der Waals surface area contributed by atoms with E-state index in [1.165, 1.54) is 11.1 Å². The molecule has 1 atom stereocenters. The molecule has 21 heavy (non-hydrogen) atoms. The van der Waals surface area contributed by atoms with Crippen LogP contribution in [0, 0.1) is 0 Å². The predicted molar refractivity (Wildman–Crippen MR) is 85.9 cm³/mol. The molecule has 1 unspecified atom stereocenters. The van der Waals surface area contributed by atoms with E-state index in [1.807, 2.05) is 24.3 Å². The molecule has 0 saturated carbocycles. The van der Waals surface area contributed by atoms with Crippen LogP contribution in [0.5, 0.6) is 0 Å². The summed E-state index contributed by atoms with van der Waals surface area (Å²) < 4.78 is 0. The molecule has 4 rings (SSSR count). The van der Waals surface area contributed by atoms with Crippen molar-refractivity contribution < 1.29 is 0 Å². The van der Waals surface area contributed by atoms with Crippen LogP contribution in [0.15, 0.2) is 48.5 Å². The van der Waals surface area contributed by atoms with Gasteiger partial charge in [0.05, 0.1) is 5.52 Å². The number of halogens is 1. The molecule has 0 amide bonds. The summed E-state index contributed by atoms with van der Waals surface area (Å²) >= 11 is 6.01. The Balaban J connectivity index is 1.59. The average molecular weight is 296 g/mol. The molecule has 3 aromatic rings. The Labute approximate surface area is 128 Å². The van der Waals surface area contributed by atoms with Gasteiger partial charge in [0.25, 0.3) is 0 Å². The van der Waals surface area contributed by atoms with Crippen LogP contribution < -0.4 is 5.32 Å². The van der Waals surface area contributed by atoms with Gasteiger partial charge in [-0.05, 0) is 41.3 Å². The zero-order chi connectivity index (χ0) is 14.2. The quantitative estimate of drug-likeness (QED) is 0.741. The summed E-state index contributed by atoms with van der Waals surface area (Å²) in [5.74, 6) is 1.36. The smallest absolute Gasteiger partial charge is 0.224 e. The highest BCUT2D eigenvalue weighted by molar-refractivity contribution is 6.28. The van der Waals surface area contributed by atoms with E-state index < -0.39 is 0 Å². The number of hydrogen-bond donors (Lipinski definition) is 1. The number of hydrogen-bond acceptors (Lipinski definition) is 3. The lowest BCUT2D eigenvalue weighted by molar-refractivity contribution is 0.635. The Kier molecular flexibility index (Phi) is 3.00. The number of fused-ring (bicyclic) bond motifs is 2. The monoisotopic (exact) mass is 295 g/mol. The van der Waals surface area contributed by atoms with Crippen molar-refractivity contribution in [3.63, 3.8) is 0 Å². The minimum absolute atomic E-state index is 0.283. The normalized spacial score (nSPS) is 16.3. The molecule has 0 bridgehead atoms. The second-order valence-corrected chi connectivity index (χ2v) is 5.68. The summed E-state index contributed by atoms with van der Waals surface area (Å²) in [5, 5.41) is 4.73. The molecule has 104 valence electrons. The first-order chi connectivity index (χ1) is 10.3. The van der Waals surface area contributed by atoms with Crippen LogP contribution >= 0.6 is 11.6 Å². The summed E-state index contributed by atoms with van der Waals surface area (Å²) in [5.41, 5.74) is 3.76. The number of benzene rings is 2. The maximum absolute atomic E-state index is 6.01. The molecule has 0 fully saturated rings. The molecule has 0 spiro atoms. The number of nitrogens with zero attached hydrogens (tertiary/aromatic N) is 2. The lowest BCUT2D eigenvalue weighted by Gasteiger charge is -2.30. The van der Waals surface area contributed by atoms with E-state index in [9.17, 15) is 0 Å². The maximum Gasteiger partial charge on any atom is 0.224 e. The second-order valence-electron chi connectivity index (χ2n) is 5.34. The van der Waals surface area contributed by atoms with Crippen molar-refractivity contribution in [1.82, 2.24) is 9.97 Å². The second kappa shape index (κ2) is 5.01. The summed E-state index contributed by atoms with van der Waals surface area (Å²) in [7, 11) is 0. The minimum atomic E-state index is 0.283. The maximum atomic E-state index is 6.01. The number of nitrogens with one attached hydrogen (secondary N) is 1. The topological polar surface area (TPSA) is 37.8 Å². The van der Waals surface area contributed by atoms with Gasteiger partial charge in [0.1, 0.15) is 5.82 Å². The predicted octanol–water partition coefficient (Wildman–Crippen LogP) is 4.04. The van der Waals surface area contributed by atoms with Crippen LogP contribution in [0.25, 0.3) is 10.9 Å². The standard InChI is InChI=1S/C17H14ClN3/c18-17-20-15-8-4-3-7-14(15)16(21-17)19-10-12-9-11-5-1-2-6-13(11)12/h1-8,12H,9-10H2,(H,19,20,21). The van der Waals surface area contributed by atoms with Crippen LogP contribution in [-0.4, -0.2) is 16.5 Å². The number of para-hydroxylation sites is 1. The van der Waals surface area contributed by atoms with Crippen molar-refractivity contribution in [2.45, 2.75) is 12.3 Å². The van der Waals surface area contributed by atoms with Crippen LogP contribution in [0.1, 0.15) is 17.0 Å². The van der Waals surface area contributed by atoms with E-state index in [0.29, 0.717) is 5.92 Å². The Hall–Kier alpha value is -2.13. The lowest BCUT2D eigenvalue weighted by Crippen LogP contribution is -2.24. The van der Waals surface area contributed by atoms with Gasteiger partial charge < -0.3 is 5.32 Å². The van der Waals surface area contributed by atoms with E-state index in [0.717, 1.165) is 29.7 Å². The van der Waals surface area contributed by atoms with E-state index in [2.05, 4.69) is 39.6 Å². The first-order valence-corrected chi connectivity index (χ1v) is 7.43. The highest BCUT2D eigenvalue weighted by atomic mass is 35.5. The SMILES string of the molecule is Clc1nc(NCC2Cc3ccccc32)c2ccccc2n1. The zero-order valence-electron chi connectivity index (χ0n) is 11.4. The molecular formula is C17H14ClN3. The van der Waals surface area contributed by atoms with Gasteiger partial charge in [-0.1, -0.05) is 36.4 Å². The van der Waals surface area contributed by atoms with Crippen LogP contribution in [-0.2, 0) is 6.42 Å². The molecule has 1 N–H and O–H groups in total.